The van der Waals surface area contributed by atoms with E-state index in [4.69, 9.17) is 5.73 Å². The lowest BCUT2D eigenvalue weighted by Crippen LogP contribution is -2.43. The van der Waals surface area contributed by atoms with Crippen molar-refractivity contribution in [2.75, 3.05) is 12.4 Å². The first-order valence-corrected chi connectivity index (χ1v) is 6.96. The first kappa shape index (κ1) is 14.1. The average molecular weight is 277 g/mol. The summed E-state index contributed by atoms with van der Waals surface area (Å²) in [6.45, 7) is -0.134. The molecule has 0 aromatic heterocycles. The van der Waals surface area contributed by atoms with Crippen molar-refractivity contribution in [1.82, 2.24) is 0 Å². The zero-order valence-corrected chi connectivity index (χ0v) is 11.2. The van der Waals surface area contributed by atoms with Crippen LogP contribution in [0.4, 0.5) is 4.39 Å². The second-order valence-electron chi connectivity index (χ2n) is 4.42. The molecule has 0 saturated carbocycles. The SMILES string of the molecule is NC(CO)(CSc1ccc(F)cc1)c1ccccc1. The molecule has 0 spiro atoms. The number of benzene rings is 2. The van der Waals surface area contributed by atoms with Crippen LogP contribution in [0.5, 0.6) is 0 Å². The van der Waals surface area contributed by atoms with Crippen molar-refractivity contribution in [3.05, 3.63) is 66.0 Å². The molecule has 2 aromatic rings. The number of hydrogen-bond acceptors (Lipinski definition) is 3. The Morgan fingerprint density at radius 1 is 1.05 bits per heavy atom. The predicted octanol–water partition coefficient (Wildman–Crippen LogP) is 2.76. The van der Waals surface area contributed by atoms with Gasteiger partial charge in [-0.2, -0.15) is 0 Å². The maximum atomic E-state index is 12.8. The highest BCUT2D eigenvalue weighted by molar-refractivity contribution is 7.99. The van der Waals surface area contributed by atoms with Crippen molar-refractivity contribution in [3.63, 3.8) is 0 Å². The molecule has 2 aromatic carbocycles. The van der Waals surface area contributed by atoms with Gasteiger partial charge in [0.25, 0.3) is 0 Å². The number of halogens is 1. The molecule has 0 fully saturated rings. The zero-order chi connectivity index (χ0) is 13.7. The summed E-state index contributed by atoms with van der Waals surface area (Å²) in [5.41, 5.74) is 6.36. The van der Waals surface area contributed by atoms with Crippen molar-refractivity contribution in [3.8, 4) is 0 Å². The van der Waals surface area contributed by atoms with Crippen LogP contribution in [0.15, 0.2) is 59.5 Å². The Balaban J connectivity index is 2.09. The molecule has 0 aliphatic rings. The summed E-state index contributed by atoms with van der Waals surface area (Å²) < 4.78 is 12.8. The molecule has 100 valence electrons. The molecule has 1 unspecified atom stereocenters. The normalized spacial score (nSPS) is 14.1. The Kier molecular flexibility index (Phi) is 4.58. The fraction of sp³-hybridized carbons (Fsp3) is 0.200. The molecule has 0 heterocycles. The third-order valence-corrected chi connectivity index (χ3v) is 4.21. The minimum Gasteiger partial charge on any atom is -0.394 e. The molecule has 19 heavy (non-hydrogen) atoms. The van der Waals surface area contributed by atoms with Crippen LogP contribution in [0, 0.1) is 5.82 Å². The summed E-state index contributed by atoms with van der Waals surface area (Å²) in [6, 6.07) is 15.8. The highest BCUT2D eigenvalue weighted by Gasteiger charge is 2.26. The summed E-state index contributed by atoms with van der Waals surface area (Å²) in [7, 11) is 0. The van der Waals surface area contributed by atoms with Crippen molar-refractivity contribution >= 4 is 11.8 Å². The van der Waals surface area contributed by atoms with Gasteiger partial charge in [-0.3, -0.25) is 0 Å². The van der Waals surface area contributed by atoms with Gasteiger partial charge in [0, 0.05) is 10.6 Å². The molecule has 3 N–H and O–H groups in total. The van der Waals surface area contributed by atoms with E-state index in [2.05, 4.69) is 0 Å². The molecule has 1 atom stereocenters. The van der Waals surface area contributed by atoms with Crippen LogP contribution in [0.2, 0.25) is 0 Å². The van der Waals surface area contributed by atoms with E-state index in [1.165, 1.54) is 23.9 Å². The first-order chi connectivity index (χ1) is 9.14. The highest BCUT2D eigenvalue weighted by atomic mass is 32.2. The van der Waals surface area contributed by atoms with Crippen LogP contribution in [-0.2, 0) is 5.54 Å². The lowest BCUT2D eigenvalue weighted by Gasteiger charge is -2.27. The van der Waals surface area contributed by atoms with E-state index in [1.54, 1.807) is 12.1 Å². The van der Waals surface area contributed by atoms with Gasteiger partial charge >= 0.3 is 0 Å². The quantitative estimate of drug-likeness (QED) is 0.826. The molecule has 0 bridgehead atoms. The number of nitrogens with two attached hydrogens (primary N) is 1. The average Bonchev–Trinajstić information content (AvgIpc) is 2.47. The standard InChI is InChI=1S/C15H16FNOS/c16-13-6-8-14(9-7-13)19-11-15(17,10-18)12-4-2-1-3-5-12/h1-9,18H,10-11,17H2. The molecular formula is C15H16FNOS. The second kappa shape index (κ2) is 6.19. The van der Waals surface area contributed by atoms with Gasteiger partial charge < -0.3 is 10.8 Å². The van der Waals surface area contributed by atoms with E-state index in [1.807, 2.05) is 30.3 Å². The monoisotopic (exact) mass is 277 g/mol. The molecule has 0 aliphatic carbocycles. The largest absolute Gasteiger partial charge is 0.394 e. The maximum absolute atomic E-state index is 12.8. The van der Waals surface area contributed by atoms with E-state index in [-0.39, 0.29) is 12.4 Å². The Hall–Kier alpha value is -1.36. The second-order valence-corrected chi connectivity index (χ2v) is 5.47. The molecular weight excluding hydrogens is 261 g/mol. The fourth-order valence-electron chi connectivity index (χ4n) is 1.73. The number of rotatable bonds is 5. The smallest absolute Gasteiger partial charge is 0.123 e. The van der Waals surface area contributed by atoms with Crippen molar-refractivity contribution in [2.45, 2.75) is 10.4 Å². The minimum atomic E-state index is -0.791. The third-order valence-electron chi connectivity index (χ3n) is 2.94. The van der Waals surface area contributed by atoms with Crippen molar-refractivity contribution in [1.29, 1.82) is 0 Å². The third kappa shape index (κ3) is 3.56. The maximum Gasteiger partial charge on any atom is 0.123 e. The van der Waals surface area contributed by atoms with Gasteiger partial charge in [-0.15, -0.1) is 11.8 Å². The lowest BCUT2D eigenvalue weighted by molar-refractivity contribution is 0.213. The summed E-state index contributed by atoms with van der Waals surface area (Å²) in [5.74, 6) is 0.271. The predicted molar refractivity (Wildman–Crippen MR) is 76.5 cm³/mol. The van der Waals surface area contributed by atoms with E-state index in [0.29, 0.717) is 5.75 Å². The molecule has 0 amide bonds. The topological polar surface area (TPSA) is 46.2 Å². The van der Waals surface area contributed by atoms with Gasteiger partial charge in [0.15, 0.2) is 0 Å². The molecule has 0 radical (unpaired) electrons. The number of aliphatic hydroxyl groups excluding tert-OH is 1. The molecule has 0 aliphatic heterocycles. The van der Waals surface area contributed by atoms with Gasteiger partial charge in [0.1, 0.15) is 5.82 Å². The van der Waals surface area contributed by atoms with Gasteiger partial charge in [-0.25, -0.2) is 4.39 Å². The number of hydrogen-bond donors (Lipinski definition) is 2. The highest BCUT2D eigenvalue weighted by Crippen LogP contribution is 2.27. The molecule has 2 nitrogen and oxygen atoms in total. The van der Waals surface area contributed by atoms with Crippen molar-refractivity contribution in [2.24, 2.45) is 5.73 Å². The minimum absolute atomic E-state index is 0.134. The van der Waals surface area contributed by atoms with Crippen LogP contribution >= 0.6 is 11.8 Å². The van der Waals surface area contributed by atoms with E-state index >= 15 is 0 Å². The van der Waals surface area contributed by atoms with Crippen LogP contribution in [0.1, 0.15) is 5.56 Å². The van der Waals surface area contributed by atoms with E-state index < -0.39 is 5.54 Å². The fourth-order valence-corrected chi connectivity index (χ4v) is 2.74. The Bertz CT molecular complexity index is 517. The number of aliphatic hydroxyl groups is 1. The molecule has 2 rings (SSSR count). The lowest BCUT2D eigenvalue weighted by atomic mass is 9.94. The van der Waals surface area contributed by atoms with Crippen LogP contribution in [0.3, 0.4) is 0 Å². The van der Waals surface area contributed by atoms with Gasteiger partial charge in [0.2, 0.25) is 0 Å². The summed E-state index contributed by atoms with van der Waals surface area (Å²) in [5, 5.41) is 9.56. The van der Waals surface area contributed by atoms with Crippen LogP contribution in [-0.4, -0.2) is 17.5 Å². The molecule has 0 saturated heterocycles. The molecule has 4 heteroatoms. The van der Waals surface area contributed by atoms with Crippen molar-refractivity contribution < 1.29 is 9.50 Å². The Morgan fingerprint density at radius 3 is 2.26 bits per heavy atom. The zero-order valence-electron chi connectivity index (χ0n) is 10.4. The van der Waals surface area contributed by atoms with Gasteiger partial charge in [-0.1, -0.05) is 30.3 Å². The summed E-state index contributed by atoms with van der Waals surface area (Å²) >= 11 is 1.50. The van der Waals surface area contributed by atoms with Gasteiger partial charge in [0.05, 0.1) is 12.1 Å². The number of thioether (sulfide) groups is 1. The summed E-state index contributed by atoms with van der Waals surface area (Å²) in [6.07, 6.45) is 0. The Morgan fingerprint density at radius 2 is 1.68 bits per heavy atom. The summed E-state index contributed by atoms with van der Waals surface area (Å²) in [4.78, 5) is 0.931. The first-order valence-electron chi connectivity index (χ1n) is 5.98. The van der Waals surface area contributed by atoms with Gasteiger partial charge in [-0.05, 0) is 29.8 Å². The van der Waals surface area contributed by atoms with E-state index in [9.17, 15) is 9.50 Å². The Labute approximate surface area is 116 Å². The van der Waals surface area contributed by atoms with Crippen LogP contribution < -0.4 is 5.73 Å². The van der Waals surface area contributed by atoms with E-state index in [0.717, 1.165) is 10.5 Å². The van der Waals surface area contributed by atoms with Crippen LogP contribution in [0.25, 0.3) is 0 Å².